The molecule has 4 aliphatic heterocycles. The number of aliphatic hydroxyl groups is 1. The number of aliphatic hydroxyl groups excluding tert-OH is 1. The van der Waals surface area contributed by atoms with Crippen LogP contribution in [0.1, 0.15) is 93.3 Å². The van der Waals surface area contributed by atoms with Gasteiger partial charge in [-0.15, -0.1) is 0 Å². The first kappa shape index (κ1) is 47.3. The van der Waals surface area contributed by atoms with E-state index in [0.29, 0.717) is 64.9 Å². The number of nitrogens with zero attached hydrogens (tertiary/aromatic N) is 9. The highest BCUT2D eigenvalue weighted by Crippen LogP contribution is 2.41. The summed E-state index contributed by atoms with van der Waals surface area (Å²) in [5.41, 5.74) is 8.78. The number of rotatable bonds is 11. The van der Waals surface area contributed by atoms with Crippen molar-refractivity contribution in [3.63, 3.8) is 0 Å². The lowest BCUT2D eigenvalue weighted by Crippen LogP contribution is -2.58. The number of benzene rings is 1. The summed E-state index contributed by atoms with van der Waals surface area (Å²) >= 11 is 0. The highest BCUT2D eigenvalue weighted by Gasteiger charge is 2.39. The smallest absolute Gasteiger partial charge is 0.293 e. The predicted octanol–water partition coefficient (Wildman–Crippen LogP) is 6.82. The number of amides is 2. The molecule has 0 spiro atoms. The molecule has 5 aliphatic rings. The topological polar surface area (TPSA) is 166 Å². The fourth-order valence-electron chi connectivity index (χ4n) is 11.9. The van der Waals surface area contributed by atoms with Crippen LogP contribution in [0.25, 0.3) is 11.3 Å². The molecule has 0 bridgehead atoms. The van der Waals surface area contributed by atoms with E-state index in [1.807, 2.05) is 30.5 Å². The van der Waals surface area contributed by atoms with E-state index in [4.69, 9.17) is 14.7 Å². The molecule has 70 heavy (non-hydrogen) atoms. The number of piperazine rings is 1. The molecule has 3 N–H and O–H groups in total. The van der Waals surface area contributed by atoms with Gasteiger partial charge in [-0.25, -0.2) is 9.97 Å². The molecule has 0 radical (unpaired) electrons. The summed E-state index contributed by atoms with van der Waals surface area (Å²) in [5, 5.41) is 17.1. The number of ether oxygens (including phenoxy) is 1. The van der Waals surface area contributed by atoms with Gasteiger partial charge >= 0.3 is 0 Å². The molecule has 1 aromatic carbocycles. The molecule has 16 heteroatoms. The molecule has 3 atom stereocenters. The lowest BCUT2D eigenvalue weighted by Gasteiger charge is -2.48. The summed E-state index contributed by atoms with van der Waals surface area (Å²) in [7, 11) is 1.65. The number of anilines is 6. The van der Waals surface area contributed by atoms with Crippen molar-refractivity contribution in [1.82, 2.24) is 29.0 Å². The van der Waals surface area contributed by atoms with Gasteiger partial charge < -0.3 is 39.4 Å². The summed E-state index contributed by atoms with van der Waals surface area (Å²) < 4.78 is 9.27. The van der Waals surface area contributed by atoms with E-state index in [1.165, 1.54) is 33.3 Å². The van der Waals surface area contributed by atoms with Gasteiger partial charge in [-0.2, -0.15) is 0 Å². The lowest BCUT2D eigenvalue weighted by molar-refractivity contribution is -0.111. The van der Waals surface area contributed by atoms with Crippen molar-refractivity contribution in [3.05, 3.63) is 112 Å². The molecule has 5 aromatic rings. The number of aromatic nitrogens is 5. The summed E-state index contributed by atoms with van der Waals surface area (Å²) in [5.74, 6) is -0.0788. The molecule has 1 unspecified atom stereocenters. The zero-order valence-electron chi connectivity index (χ0n) is 41.5. The normalized spacial score (nSPS) is 22.1. The first-order valence-electron chi connectivity index (χ1n) is 25.0. The van der Waals surface area contributed by atoms with Gasteiger partial charge in [-0.1, -0.05) is 27.4 Å². The van der Waals surface area contributed by atoms with Crippen molar-refractivity contribution in [3.8, 4) is 11.3 Å². The van der Waals surface area contributed by atoms with E-state index in [1.54, 1.807) is 30.4 Å². The third kappa shape index (κ3) is 8.89. The van der Waals surface area contributed by atoms with Gasteiger partial charge in [-0.3, -0.25) is 29.2 Å². The van der Waals surface area contributed by atoms with Crippen molar-refractivity contribution in [2.75, 3.05) is 71.3 Å². The van der Waals surface area contributed by atoms with E-state index in [2.05, 4.69) is 88.2 Å². The summed E-state index contributed by atoms with van der Waals surface area (Å²) in [4.78, 5) is 64.2. The van der Waals surface area contributed by atoms with Crippen LogP contribution in [0.2, 0.25) is 0 Å². The van der Waals surface area contributed by atoms with Gasteiger partial charge in [0.1, 0.15) is 11.5 Å². The van der Waals surface area contributed by atoms with Crippen LogP contribution in [0.5, 0.6) is 0 Å². The maximum Gasteiger partial charge on any atom is 0.293 e. The number of carbonyl (C=O) groups is 2. The second kappa shape index (κ2) is 18.8. The van der Waals surface area contributed by atoms with Crippen molar-refractivity contribution in [2.45, 2.75) is 110 Å². The van der Waals surface area contributed by atoms with Gasteiger partial charge in [0.25, 0.3) is 11.5 Å². The van der Waals surface area contributed by atoms with Crippen molar-refractivity contribution in [2.24, 2.45) is 12.5 Å². The Bertz CT molecular complexity index is 2900. The van der Waals surface area contributed by atoms with Gasteiger partial charge in [0.15, 0.2) is 5.82 Å². The molecular weight excluding hydrogens is 883 g/mol. The molecular formula is C54H67N11O5. The van der Waals surface area contributed by atoms with Gasteiger partial charge in [0, 0.05) is 136 Å². The highest BCUT2D eigenvalue weighted by atomic mass is 16.5. The Morgan fingerprint density at radius 2 is 1.74 bits per heavy atom. The number of aryl methyl sites for hydroxylation is 1. The zero-order chi connectivity index (χ0) is 49.1. The summed E-state index contributed by atoms with van der Waals surface area (Å²) in [6.45, 7) is 20.8. The van der Waals surface area contributed by atoms with E-state index >= 15 is 0 Å². The fourth-order valence-corrected chi connectivity index (χ4v) is 11.9. The number of carbonyl (C=O) groups excluding carboxylic acids is 2. The summed E-state index contributed by atoms with van der Waals surface area (Å²) in [6.07, 6.45) is 12.4. The van der Waals surface area contributed by atoms with Crippen molar-refractivity contribution >= 4 is 46.2 Å². The molecule has 8 heterocycles. The first-order valence-corrected chi connectivity index (χ1v) is 25.0. The van der Waals surface area contributed by atoms with E-state index in [0.717, 1.165) is 83.6 Å². The number of piperidine rings is 1. The molecule has 4 aromatic heterocycles. The third-order valence-corrected chi connectivity index (χ3v) is 15.7. The van der Waals surface area contributed by atoms with Crippen LogP contribution < -0.4 is 30.9 Å². The monoisotopic (exact) mass is 950 g/mol. The molecule has 3 fully saturated rings. The molecule has 2 amide bonds. The standard InChI is InChI=1S/C54H67N11O5/c1-8-48(67)58-42-27-37(9-10-44(42)63-20-19-61(31-35(63)3)38-13-18-62(34(2)25-38)39-11-16-55-47(28-39)54(6)14-23-70-24-15-54)57-49-52(69)60(7)32-43(59-49)40-12-17-56-50(41(40)33-66)65-22-21-64-45(51(65)68)26-36-29-53(4,5)30-46(36)64/h8-12,16-17,26-28,32,34-35,38,66H,1,13-15,18-25,29-31,33H2,2-7H3,(H,57,59)(H,58,67)/t34-,35+,38?/m1/s1. The molecule has 0 saturated carbocycles. The van der Waals surface area contributed by atoms with Crippen LogP contribution in [0, 0.1) is 5.41 Å². The van der Waals surface area contributed by atoms with Crippen LogP contribution in [0.3, 0.4) is 0 Å². The Balaban J connectivity index is 0.845. The summed E-state index contributed by atoms with van der Waals surface area (Å²) in [6, 6.07) is 14.9. The lowest BCUT2D eigenvalue weighted by atomic mass is 9.79. The largest absolute Gasteiger partial charge is 0.392 e. The van der Waals surface area contributed by atoms with Crippen LogP contribution in [0.4, 0.5) is 34.4 Å². The zero-order valence-corrected chi connectivity index (χ0v) is 41.5. The number of hydrogen-bond donors (Lipinski definition) is 3. The van der Waals surface area contributed by atoms with Crippen molar-refractivity contribution in [1.29, 1.82) is 0 Å². The van der Waals surface area contributed by atoms with Crippen LogP contribution >= 0.6 is 0 Å². The first-order chi connectivity index (χ1) is 33.6. The second-order valence-corrected chi connectivity index (χ2v) is 21.2. The Morgan fingerprint density at radius 3 is 2.50 bits per heavy atom. The number of pyridine rings is 2. The average molecular weight is 950 g/mol. The van der Waals surface area contributed by atoms with Crippen LogP contribution in [-0.4, -0.2) is 110 Å². The van der Waals surface area contributed by atoms with E-state index < -0.39 is 6.61 Å². The maximum absolute atomic E-state index is 14.1. The molecule has 10 rings (SSSR count). The second-order valence-electron chi connectivity index (χ2n) is 21.2. The minimum atomic E-state index is -0.399. The Labute approximate surface area is 410 Å². The van der Waals surface area contributed by atoms with Crippen LogP contribution in [0.15, 0.2) is 78.5 Å². The van der Waals surface area contributed by atoms with Crippen molar-refractivity contribution < 1.29 is 19.4 Å². The minimum absolute atomic E-state index is 0.0444. The minimum Gasteiger partial charge on any atom is -0.392 e. The fraction of sp³-hybridized carbons (Fsp3) is 0.481. The Morgan fingerprint density at radius 1 is 0.943 bits per heavy atom. The highest BCUT2D eigenvalue weighted by molar-refractivity contribution is 6.06. The SMILES string of the molecule is C=CC(=O)Nc1cc(Nc2nc(-c3ccnc(N4CCn5c(cc6c5CC(C)(C)C6)C4=O)c3CO)cn(C)c2=O)ccc1N1CCN(C2CCN(c3ccnc(C4(C)CCOCC4)c3)[C@H](C)C2)C[C@@H]1C. The van der Waals surface area contributed by atoms with E-state index in [9.17, 15) is 19.5 Å². The quantitative estimate of drug-likeness (QED) is 0.119. The number of fused-ring (bicyclic) bond motifs is 3. The molecule has 368 valence electrons. The maximum atomic E-state index is 14.1. The predicted molar refractivity (Wildman–Crippen MR) is 274 cm³/mol. The molecule has 3 saturated heterocycles. The average Bonchev–Trinajstić information content (AvgIpc) is 3.85. The van der Waals surface area contributed by atoms with E-state index in [-0.39, 0.29) is 40.1 Å². The van der Waals surface area contributed by atoms with Gasteiger partial charge in [0.2, 0.25) is 5.91 Å². The number of hydrogen-bond acceptors (Lipinski definition) is 12. The Hall–Kier alpha value is -6.36. The molecule has 1 aliphatic carbocycles. The molecule has 16 nitrogen and oxygen atoms in total. The Kier molecular flexibility index (Phi) is 12.7. The van der Waals surface area contributed by atoms with Crippen LogP contribution in [-0.2, 0) is 48.0 Å². The van der Waals surface area contributed by atoms with Gasteiger partial charge in [-0.05, 0) is 112 Å². The van der Waals surface area contributed by atoms with Gasteiger partial charge in [0.05, 0.1) is 23.7 Å². The third-order valence-electron chi connectivity index (χ3n) is 15.7. The number of nitrogens with one attached hydrogen (secondary N) is 2.